The van der Waals surface area contributed by atoms with E-state index in [4.69, 9.17) is 0 Å². The predicted octanol–water partition coefficient (Wildman–Crippen LogP) is 1.69. The monoisotopic (exact) mass is 240 g/mol. The van der Waals surface area contributed by atoms with Gasteiger partial charge in [0.2, 0.25) is 11.8 Å². The van der Waals surface area contributed by atoms with E-state index < -0.39 is 0 Å². The maximum absolute atomic E-state index is 11.8. The molecule has 98 valence electrons. The SMILES string of the molecule is CCCCCCCCC(=O)N(C)[C@H]1CNC1=O. The van der Waals surface area contributed by atoms with Gasteiger partial charge in [-0.2, -0.15) is 0 Å². The van der Waals surface area contributed by atoms with E-state index in [1.54, 1.807) is 11.9 Å². The van der Waals surface area contributed by atoms with Crippen LogP contribution in [0.15, 0.2) is 0 Å². The molecular formula is C13H24N2O2. The van der Waals surface area contributed by atoms with Crippen molar-refractivity contribution in [3.8, 4) is 0 Å². The molecule has 0 aliphatic carbocycles. The minimum atomic E-state index is -0.220. The highest BCUT2D eigenvalue weighted by atomic mass is 16.2. The standard InChI is InChI=1S/C13H24N2O2/c1-3-4-5-6-7-8-9-12(16)15(2)11-10-14-13(11)17/h11H,3-10H2,1-2H3,(H,14,17)/t11-/m0/s1. The Labute approximate surface area is 104 Å². The topological polar surface area (TPSA) is 49.4 Å². The van der Waals surface area contributed by atoms with Crippen molar-refractivity contribution in [3.63, 3.8) is 0 Å². The van der Waals surface area contributed by atoms with Crippen molar-refractivity contribution in [2.24, 2.45) is 0 Å². The van der Waals surface area contributed by atoms with Gasteiger partial charge in [-0.15, -0.1) is 0 Å². The van der Waals surface area contributed by atoms with Crippen molar-refractivity contribution >= 4 is 11.8 Å². The average molecular weight is 240 g/mol. The Balaban J connectivity index is 2.06. The van der Waals surface area contributed by atoms with Gasteiger partial charge in [0.25, 0.3) is 0 Å². The molecule has 2 amide bonds. The smallest absolute Gasteiger partial charge is 0.244 e. The van der Waals surface area contributed by atoms with Crippen LogP contribution in [-0.2, 0) is 9.59 Å². The van der Waals surface area contributed by atoms with E-state index in [1.807, 2.05) is 0 Å². The highest BCUT2D eigenvalue weighted by Gasteiger charge is 2.33. The van der Waals surface area contributed by atoms with Crippen molar-refractivity contribution in [1.82, 2.24) is 10.2 Å². The Bertz CT molecular complexity index is 266. The summed E-state index contributed by atoms with van der Waals surface area (Å²) >= 11 is 0. The van der Waals surface area contributed by atoms with Gasteiger partial charge in [0.1, 0.15) is 6.04 Å². The molecule has 1 N–H and O–H groups in total. The Kier molecular flexibility index (Phi) is 6.01. The summed E-state index contributed by atoms with van der Waals surface area (Å²) in [5.74, 6) is 0.0733. The molecular weight excluding hydrogens is 216 g/mol. The fraction of sp³-hybridized carbons (Fsp3) is 0.846. The number of β-lactam (4-membered cyclic amide) rings is 1. The summed E-state index contributed by atoms with van der Waals surface area (Å²) in [6.07, 6.45) is 7.67. The molecule has 0 radical (unpaired) electrons. The zero-order valence-electron chi connectivity index (χ0n) is 11.0. The average Bonchev–Trinajstić information content (AvgIpc) is 2.31. The summed E-state index contributed by atoms with van der Waals surface area (Å²) in [7, 11) is 1.73. The quantitative estimate of drug-likeness (QED) is 0.518. The molecule has 4 heteroatoms. The van der Waals surface area contributed by atoms with Crippen molar-refractivity contribution in [1.29, 1.82) is 0 Å². The molecule has 0 unspecified atom stereocenters. The first-order valence-corrected chi connectivity index (χ1v) is 6.70. The number of nitrogens with zero attached hydrogens (tertiary/aromatic N) is 1. The van der Waals surface area contributed by atoms with Gasteiger partial charge in [-0.1, -0.05) is 39.0 Å². The highest BCUT2D eigenvalue weighted by molar-refractivity contribution is 5.92. The van der Waals surface area contributed by atoms with Crippen molar-refractivity contribution < 1.29 is 9.59 Å². The van der Waals surface area contributed by atoms with Crippen LogP contribution in [0.3, 0.4) is 0 Å². The van der Waals surface area contributed by atoms with Crippen LogP contribution in [0, 0.1) is 0 Å². The van der Waals surface area contributed by atoms with Crippen LogP contribution in [0.5, 0.6) is 0 Å². The van der Waals surface area contributed by atoms with Gasteiger partial charge in [-0.3, -0.25) is 9.59 Å². The van der Waals surface area contributed by atoms with Crippen molar-refractivity contribution in [2.75, 3.05) is 13.6 Å². The Morgan fingerprint density at radius 3 is 2.47 bits per heavy atom. The minimum absolute atomic E-state index is 0.0243. The molecule has 1 rings (SSSR count). The van der Waals surface area contributed by atoms with E-state index in [9.17, 15) is 9.59 Å². The van der Waals surface area contributed by atoms with E-state index in [0.717, 1.165) is 12.8 Å². The van der Waals surface area contributed by atoms with Crippen LogP contribution in [-0.4, -0.2) is 36.3 Å². The molecule has 0 aromatic carbocycles. The number of amides is 2. The van der Waals surface area contributed by atoms with Crippen LogP contribution in [0.1, 0.15) is 51.9 Å². The third kappa shape index (κ3) is 4.36. The van der Waals surface area contributed by atoms with Crippen LogP contribution in [0.25, 0.3) is 0 Å². The van der Waals surface area contributed by atoms with Crippen LogP contribution in [0.4, 0.5) is 0 Å². The van der Waals surface area contributed by atoms with E-state index in [1.165, 1.54) is 25.7 Å². The van der Waals surface area contributed by atoms with Crippen LogP contribution >= 0.6 is 0 Å². The first-order chi connectivity index (χ1) is 8.16. The lowest BCUT2D eigenvalue weighted by Crippen LogP contribution is -2.62. The Hall–Kier alpha value is -1.06. The molecule has 17 heavy (non-hydrogen) atoms. The van der Waals surface area contributed by atoms with E-state index in [0.29, 0.717) is 13.0 Å². The zero-order chi connectivity index (χ0) is 12.7. The van der Waals surface area contributed by atoms with E-state index in [2.05, 4.69) is 12.2 Å². The Morgan fingerprint density at radius 2 is 1.94 bits per heavy atom. The lowest BCUT2D eigenvalue weighted by molar-refractivity contribution is -0.143. The number of hydrogen-bond donors (Lipinski definition) is 1. The van der Waals surface area contributed by atoms with E-state index in [-0.39, 0.29) is 17.9 Å². The summed E-state index contributed by atoms with van der Waals surface area (Å²) in [6, 6.07) is -0.220. The molecule has 1 atom stereocenters. The van der Waals surface area contributed by atoms with Gasteiger partial charge >= 0.3 is 0 Å². The van der Waals surface area contributed by atoms with Gasteiger partial charge in [0.05, 0.1) is 0 Å². The third-order valence-corrected chi connectivity index (χ3v) is 3.38. The van der Waals surface area contributed by atoms with Gasteiger partial charge in [0, 0.05) is 20.0 Å². The summed E-state index contributed by atoms with van der Waals surface area (Å²) in [5, 5.41) is 2.65. The molecule has 0 saturated carbocycles. The van der Waals surface area contributed by atoms with Gasteiger partial charge < -0.3 is 10.2 Å². The lowest BCUT2D eigenvalue weighted by atomic mass is 10.1. The molecule has 1 aliphatic rings. The second-order valence-electron chi connectivity index (χ2n) is 4.78. The molecule has 1 fully saturated rings. The maximum Gasteiger partial charge on any atom is 0.244 e. The second-order valence-corrected chi connectivity index (χ2v) is 4.78. The zero-order valence-corrected chi connectivity index (χ0v) is 11.0. The minimum Gasteiger partial charge on any atom is -0.352 e. The number of carbonyl (C=O) groups is 2. The second kappa shape index (κ2) is 7.30. The first kappa shape index (κ1) is 14.0. The van der Waals surface area contributed by atoms with Crippen molar-refractivity contribution in [2.45, 2.75) is 57.9 Å². The fourth-order valence-electron chi connectivity index (χ4n) is 2.00. The summed E-state index contributed by atoms with van der Waals surface area (Å²) < 4.78 is 0. The number of unbranched alkanes of at least 4 members (excludes halogenated alkanes) is 5. The van der Waals surface area contributed by atoms with Crippen LogP contribution in [0.2, 0.25) is 0 Å². The normalized spacial score (nSPS) is 18.5. The molecule has 0 aromatic rings. The molecule has 0 bridgehead atoms. The third-order valence-electron chi connectivity index (χ3n) is 3.38. The number of rotatable bonds is 8. The first-order valence-electron chi connectivity index (χ1n) is 6.70. The predicted molar refractivity (Wildman–Crippen MR) is 67.6 cm³/mol. The molecule has 4 nitrogen and oxygen atoms in total. The molecule has 1 saturated heterocycles. The van der Waals surface area contributed by atoms with Gasteiger partial charge in [-0.25, -0.2) is 0 Å². The van der Waals surface area contributed by atoms with E-state index >= 15 is 0 Å². The largest absolute Gasteiger partial charge is 0.352 e. The maximum atomic E-state index is 11.8. The van der Waals surface area contributed by atoms with Crippen molar-refractivity contribution in [3.05, 3.63) is 0 Å². The lowest BCUT2D eigenvalue weighted by Gasteiger charge is -2.34. The molecule has 1 aliphatic heterocycles. The van der Waals surface area contributed by atoms with Gasteiger partial charge in [-0.05, 0) is 6.42 Å². The summed E-state index contributed by atoms with van der Waals surface area (Å²) in [5.41, 5.74) is 0. The number of carbonyl (C=O) groups excluding carboxylic acids is 2. The molecule has 0 spiro atoms. The molecule has 0 aromatic heterocycles. The Morgan fingerprint density at radius 1 is 1.29 bits per heavy atom. The number of hydrogen-bond acceptors (Lipinski definition) is 2. The van der Waals surface area contributed by atoms with Crippen LogP contribution < -0.4 is 5.32 Å². The highest BCUT2D eigenvalue weighted by Crippen LogP contribution is 2.10. The number of nitrogens with one attached hydrogen (secondary N) is 1. The molecule has 1 heterocycles. The fourth-order valence-corrected chi connectivity index (χ4v) is 2.00. The summed E-state index contributed by atoms with van der Waals surface area (Å²) in [4.78, 5) is 24.5. The number of likely N-dealkylation sites (N-methyl/N-ethyl adjacent to an activating group) is 1. The summed E-state index contributed by atoms with van der Waals surface area (Å²) in [6.45, 7) is 2.81. The van der Waals surface area contributed by atoms with Gasteiger partial charge in [0.15, 0.2) is 0 Å².